The zero-order valence-electron chi connectivity index (χ0n) is 29.6. The van der Waals surface area contributed by atoms with Crippen molar-refractivity contribution in [2.24, 2.45) is 0 Å². The zero-order chi connectivity index (χ0) is 34.0. The molecule has 0 N–H and O–H groups in total. The number of hydrogen-bond donors (Lipinski definition) is 0. The van der Waals surface area contributed by atoms with Crippen molar-refractivity contribution in [3.05, 3.63) is 155 Å². The monoisotopic (exact) mass is 682 g/mol. The largest absolute Gasteiger partial charge is 0.136 e. The fourth-order valence-corrected chi connectivity index (χ4v) is 10.7. The van der Waals surface area contributed by atoms with E-state index in [-0.39, 0.29) is 8.41 Å². The Morgan fingerprint density at radius 2 is 1.00 bits per heavy atom. The van der Waals surface area contributed by atoms with Crippen molar-refractivity contribution in [1.29, 1.82) is 0 Å². The summed E-state index contributed by atoms with van der Waals surface area (Å²) in [6, 6.07) is 45.4. The minimum atomic E-state index is -0.324. The van der Waals surface area contributed by atoms with Crippen molar-refractivity contribution in [3.8, 4) is 22.3 Å². The average Bonchev–Trinajstić information content (AvgIpc) is 3.69. The summed E-state index contributed by atoms with van der Waals surface area (Å²) in [6.07, 6.45) is 12.3. The molecule has 0 bridgehead atoms. The number of fused-ring (bicyclic) bond motifs is 4. The van der Waals surface area contributed by atoms with Crippen LogP contribution in [-0.2, 0) is 0 Å². The van der Waals surface area contributed by atoms with E-state index in [0.717, 1.165) is 12.8 Å². The maximum absolute atomic E-state index is 2.59. The second-order valence-electron chi connectivity index (χ2n) is 14.3. The fraction of sp³-hybridized carbons (Fsp3) is 0.229. The number of hydrogen-bond acceptors (Lipinski definition) is 1. The SMILES string of the molecule is CCCCC1=Cc2c(-c3cccc4ccccc34)cccc2C1SC1C(CCCC=[Si](C)C)=Cc2c(-c3cccc4ccccc34)cccc21. The molecule has 0 saturated heterocycles. The third kappa shape index (κ3) is 6.29. The summed E-state index contributed by atoms with van der Waals surface area (Å²) in [6.45, 7) is 7.13. The molecule has 0 saturated carbocycles. The molecule has 0 heterocycles. The van der Waals surface area contributed by atoms with Gasteiger partial charge in [0.15, 0.2) is 0 Å². The lowest BCUT2D eigenvalue weighted by Gasteiger charge is -2.25. The van der Waals surface area contributed by atoms with Crippen molar-refractivity contribution >= 4 is 59.5 Å². The number of unbranched alkanes of at least 4 members (excludes halogenated alkanes) is 2. The molecule has 8 rings (SSSR count). The van der Waals surface area contributed by atoms with Crippen LogP contribution in [0.4, 0.5) is 0 Å². The molecule has 0 nitrogen and oxygen atoms in total. The average molecular weight is 683 g/mol. The van der Waals surface area contributed by atoms with Crippen molar-refractivity contribution in [3.63, 3.8) is 0 Å². The van der Waals surface area contributed by atoms with Gasteiger partial charge in [0.2, 0.25) is 0 Å². The normalized spacial score (nSPS) is 16.3. The van der Waals surface area contributed by atoms with Crippen LogP contribution in [0.2, 0.25) is 13.1 Å². The summed E-state index contributed by atoms with van der Waals surface area (Å²) in [5.41, 5.74) is 17.0. The Bertz CT molecular complexity index is 2290. The molecule has 2 atom stereocenters. The molecule has 2 unspecified atom stereocenters. The van der Waals surface area contributed by atoms with Gasteiger partial charge in [0, 0.05) is 0 Å². The van der Waals surface area contributed by atoms with Gasteiger partial charge in [-0.05, 0) is 107 Å². The highest BCUT2D eigenvalue weighted by molar-refractivity contribution is 8.00. The molecule has 0 aliphatic heterocycles. The number of thioether (sulfide) groups is 1. The standard InChI is InChI=1S/C48H46SSi/c1-4-5-16-35-31-45-41(39-24-12-20-33-17-6-8-22-37(33)39)26-14-28-43(45)47(35)49-48-36(19-10-11-30-50(2)3)32-46-42(27-15-29-44(46)48)40-25-13-21-34-18-7-9-23-38(34)40/h6-9,12-15,17-18,20-32,47-48H,4-5,10-11,16,19H2,1-3H3. The van der Waals surface area contributed by atoms with Gasteiger partial charge < -0.3 is 0 Å². The summed E-state index contributed by atoms with van der Waals surface area (Å²) >= 11 is 2.21. The second-order valence-corrected chi connectivity index (χ2v) is 18.1. The predicted molar refractivity (Wildman–Crippen MR) is 225 cm³/mol. The smallest absolute Gasteiger partial charge is 0.0525 e. The minimum absolute atomic E-state index is 0.324. The molecule has 2 aliphatic rings. The van der Waals surface area contributed by atoms with Crippen molar-refractivity contribution in [1.82, 2.24) is 0 Å². The van der Waals surface area contributed by atoms with E-state index in [1.54, 1.807) is 11.1 Å². The van der Waals surface area contributed by atoms with Crippen LogP contribution in [0.25, 0.3) is 56.0 Å². The summed E-state index contributed by atoms with van der Waals surface area (Å²) in [4.78, 5) is 0. The van der Waals surface area contributed by atoms with Crippen molar-refractivity contribution in [2.75, 3.05) is 0 Å². The van der Waals surface area contributed by atoms with Crippen LogP contribution in [-0.4, -0.2) is 14.1 Å². The van der Waals surface area contributed by atoms with E-state index < -0.39 is 0 Å². The Kier molecular flexibility index (Phi) is 9.58. The number of benzene rings is 6. The molecule has 248 valence electrons. The van der Waals surface area contributed by atoms with Crippen LogP contribution < -0.4 is 0 Å². The van der Waals surface area contributed by atoms with Gasteiger partial charge in [0.05, 0.1) is 10.5 Å². The van der Waals surface area contributed by atoms with E-state index in [2.05, 4.69) is 171 Å². The van der Waals surface area contributed by atoms with E-state index in [1.165, 1.54) is 91.7 Å². The Balaban J connectivity index is 1.22. The fourth-order valence-electron chi connectivity index (χ4n) is 8.20. The molecule has 0 amide bonds. The molecule has 0 aromatic heterocycles. The van der Waals surface area contributed by atoms with Crippen LogP contribution in [0.3, 0.4) is 0 Å². The molecule has 6 aromatic carbocycles. The lowest BCUT2D eigenvalue weighted by Crippen LogP contribution is -2.03. The van der Waals surface area contributed by atoms with Gasteiger partial charge in [-0.25, -0.2) is 0 Å². The van der Waals surface area contributed by atoms with E-state index in [1.807, 2.05) is 0 Å². The van der Waals surface area contributed by atoms with E-state index in [0.29, 0.717) is 10.5 Å². The van der Waals surface area contributed by atoms with Crippen molar-refractivity contribution in [2.45, 2.75) is 69.0 Å². The Morgan fingerprint density at radius 3 is 1.52 bits per heavy atom. The predicted octanol–water partition coefficient (Wildman–Crippen LogP) is 14.1. The van der Waals surface area contributed by atoms with Crippen LogP contribution >= 0.6 is 11.8 Å². The topological polar surface area (TPSA) is 0 Å². The molecule has 0 fully saturated rings. The minimum Gasteiger partial charge on any atom is -0.136 e. The molecule has 6 aromatic rings. The van der Waals surface area contributed by atoms with Crippen LogP contribution in [0.15, 0.2) is 132 Å². The van der Waals surface area contributed by atoms with Gasteiger partial charge in [-0.1, -0.05) is 171 Å². The Hall–Kier alpha value is -4.24. The highest BCUT2D eigenvalue weighted by atomic mass is 32.2. The van der Waals surface area contributed by atoms with E-state index >= 15 is 0 Å². The Labute approximate surface area is 304 Å². The summed E-state index contributed by atoms with van der Waals surface area (Å²) in [5.74, 6) is 0. The summed E-state index contributed by atoms with van der Waals surface area (Å²) in [7, 11) is -0.324. The van der Waals surface area contributed by atoms with E-state index in [9.17, 15) is 0 Å². The van der Waals surface area contributed by atoms with Crippen LogP contribution in [0, 0.1) is 0 Å². The molecular formula is C48H46SSi. The first-order valence-electron chi connectivity index (χ1n) is 18.5. The molecule has 2 aliphatic carbocycles. The molecule has 50 heavy (non-hydrogen) atoms. The lowest BCUT2D eigenvalue weighted by atomic mass is 9.93. The maximum atomic E-state index is 2.59. The van der Waals surface area contributed by atoms with Gasteiger partial charge in [0.25, 0.3) is 0 Å². The third-order valence-corrected chi connectivity index (χ3v) is 13.4. The quantitative estimate of drug-likeness (QED) is 0.0968. The van der Waals surface area contributed by atoms with Crippen molar-refractivity contribution < 1.29 is 0 Å². The first kappa shape index (κ1) is 32.9. The lowest BCUT2D eigenvalue weighted by molar-refractivity contribution is 0.775. The third-order valence-electron chi connectivity index (χ3n) is 10.7. The molecule has 0 spiro atoms. The second kappa shape index (κ2) is 14.5. The van der Waals surface area contributed by atoms with Gasteiger partial charge in [-0.3, -0.25) is 0 Å². The first-order valence-corrected chi connectivity index (χ1v) is 22.0. The van der Waals surface area contributed by atoms with Gasteiger partial charge >= 0.3 is 0 Å². The molecule has 0 radical (unpaired) electrons. The highest BCUT2D eigenvalue weighted by Gasteiger charge is 2.35. The van der Waals surface area contributed by atoms with Crippen LogP contribution in [0.5, 0.6) is 0 Å². The Morgan fingerprint density at radius 1 is 0.540 bits per heavy atom. The summed E-state index contributed by atoms with van der Waals surface area (Å²) < 4.78 is 0. The first-order chi connectivity index (χ1) is 24.6. The summed E-state index contributed by atoms with van der Waals surface area (Å²) in [5, 5.41) is 5.96. The van der Waals surface area contributed by atoms with Gasteiger partial charge in [0.1, 0.15) is 0 Å². The van der Waals surface area contributed by atoms with Crippen LogP contribution in [0.1, 0.15) is 78.2 Å². The number of rotatable bonds is 11. The van der Waals surface area contributed by atoms with E-state index in [4.69, 9.17) is 0 Å². The maximum Gasteiger partial charge on any atom is 0.0525 e. The zero-order valence-corrected chi connectivity index (χ0v) is 31.4. The highest BCUT2D eigenvalue weighted by Crippen LogP contribution is 2.58. The molecule has 2 heteroatoms. The van der Waals surface area contributed by atoms with Gasteiger partial charge in [-0.2, -0.15) is 0 Å². The molecular weight excluding hydrogens is 637 g/mol. The van der Waals surface area contributed by atoms with Gasteiger partial charge in [-0.15, -0.1) is 17.4 Å².